The Hall–Kier alpha value is -1.61. The van der Waals surface area contributed by atoms with Crippen molar-refractivity contribution in [3.05, 3.63) is 29.3 Å². The predicted octanol–water partition coefficient (Wildman–Crippen LogP) is 3.97. The third-order valence-electron chi connectivity index (χ3n) is 9.14. The van der Waals surface area contributed by atoms with E-state index in [-0.39, 0.29) is 24.3 Å². The lowest BCUT2D eigenvalue weighted by Gasteiger charge is -2.71. The Morgan fingerprint density at radius 1 is 1.17 bits per heavy atom. The molecule has 2 amide bonds. The summed E-state index contributed by atoms with van der Waals surface area (Å²) in [7, 11) is 0. The van der Waals surface area contributed by atoms with E-state index in [2.05, 4.69) is 5.32 Å². The number of carbonyl (C=O) groups is 2. The topological polar surface area (TPSA) is 97.0 Å². The van der Waals surface area contributed by atoms with Gasteiger partial charge in [0.15, 0.2) is 5.17 Å². The number of thioether (sulfide) groups is 1. The molecule has 1 spiro atoms. The van der Waals surface area contributed by atoms with Crippen LogP contribution in [0.1, 0.15) is 44.9 Å². The van der Waals surface area contributed by atoms with Gasteiger partial charge in [0, 0.05) is 30.6 Å². The van der Waals surface area contributed by atoms with Crippen molar-refractivity contribution in [3.63, 3.8) is 0 Å². The van der Waals surface area contributed by atoms with Crippen LogP contribution in [-0.2, 0) is 14.3 Å². The zero-order valence-corrected chi connectivity index (χ0v) is 22.1. The quantitative estimate of drug-likeness (QED) is 0.496. The molecule has 1 aromatic rings. The smallest absolute Gasteiger partial charge is 0.234 e. The van der Waals surface area contributed by atoms with E-state index in [1.807, 2.05) is 29.2 Å². The number of benzene rings is 1. The molecule has 1 aliphatic heterocycles. The highest BCUT2D eigenvalue weighted by Gasteiger charge is 2.67. The molecular formula is C27H35ClN4O3S. The van der Waals surface area contributed by atoms with Gasteiger partial charge < -0.3 is 15.8 Å². The molecule has 7 nitrogen and oxygen atoms in total. The second kappa shape index (κ2) is 9.93. The first-order valence-corrected chi connectivity index (χ1v) is 14.6. The minimum absolute atomic E-state index is 0.0228. The molecule has 0 aromatic heterocycles. The number of rotatable bonds is 8. The lowest BCUT2D eigenvalue weighted by Crippen LogP contribution is -2.70. The Morgan fingerprint density at radius 2 is 1.92 bits per heavy atom. The molecule has 5 atom stereocenters. The van der Waals surface area contributed by atoms with Crippen LogP contribution in [0.25, 0.3) is 0 Å². The van der Waals surface area contributed by atoms with Gasteiger partial charge >= 0.3 is 0 Å². The zero-order valence-electron chi connectivity index (χ0n) is 20.5. The minimum atomic E-state index is -0.498. The highest BCUT2D eigenvalue weighted by molar-refractivity contribution is 8.15. The maximum Gasteiger partial charge on any atom is 0.234 e. The van der Waals surface area contributed by atoms with Gasteiger partial charge in [0.05, 0.1) is 24.2 Å². The summed E-state index contributed by atoms with van der Waals surface area (Å²) in [5.74, 6) is 2.99. The number of amides is 2. The van der Waals surface area contributed by atoms with Crippen molar-refractivity contribution >= 4 is 46.0 Å². The van der Waals surface area contributed by atoms with Crippen molar-refractivity contribution in [1.29, 1.82) is 0 Å². The summed E-state index contributed by atoms with van der Waals surface area (Å²) in [6.45, 7) is 1.72. The SMILES string of the molecule is NCCOCCNC(=O)C1CC(=O)N(C2CC34CC5CC(CC(C5)C23)C4)/C(=N/c2ccc(Cl)cc2)S1. The monoisotopic (exact) mass is 530 g/mol. The summed E-state index contributed by atoms with van der Waals surface area (Å²) < 4.78 is 5.36. The Kier molecular flexibility index (Phi) is 6.82. The van der Waals surface area contributed by atoms with Gasteiger partial charge in [-0.2, -0.15) is 0 Å². The second-order valence-electron chi connectivity index (χ2n) is 11.4. The van der Waals surface area contributed by atoms with Gasteiger partial charge in [-0.3, -0.25) is 14.5 Å². The molecule has 3 N–H and O–H groups in total. The van der Waals surface area contributed by atoms with E-state index in [0.717, 1.165) is 29.9 Å². The molecule has 1 heterocycles. The molecule has 36 heavy (non-hydrogen) atoms. The van der Waals surface area contributed by atoms with Crippen LogP contribution in [0.3, 0.4) is 0 Å². The molecule has 7 rings (SSSR count). The van der Waals surface area contributed by atoms with Crippen LogP contribution in [0.4, 0.5) is 5.69 Å². The molecule has 4 bridgehead atoms. The highest BCUT2D eigenvalue weighted by atomic mass is 35.5. The van der Waals surface area contributed by atoms with Crippen molar-refractivity contribution in [2.75, 3.05) is 26.3 Å². The number of halogens is 1. The minimum Gasteiger partial charge on any atom is -0.378 e. The van der Waals surface area contributed by atoms with Crippen LogP contribution >= 0.6 is 23.4 Å². The van der Waals surface area contributed by atoms with E-state index in [4.69, 9.17) is 27.1 Å². The number of hydrogen-bond acceptors (Lipinski definition) is 6. The number of hydrogen-bond donors (Lipinski definition) is 2. The van der Waals surface area contributed by atoms with Gasteiger partial charge in [0.25, 0.3) is 0 Å². The Balaban J connectivity index is 1.22. The van der Waals surface area contributed by atoms with Crippen molar-refractivity contribution in [1.82, 2.24) is 10.2 Å². The van der Waals surface area contributed by atoms with Crippen LogP contribution in [0.15, 0.2) is 29.3 Å². The van der Waals surface area contributed by atoms with Gasteiger partial charge in [0.1, 0.15) is 0 Å². The van der Waals surface area contributed by atoms with Gasteiger partial charge in [-0.15, -0.1) is 0 Å². The number of amidine groups is 1. The Labute approximate surface area is 221 Å². The largest absolute Gasteiger partial charge is 0.378 e. The molecule has 5 unspecified atom stereocenters. The summed E-state index contributed by atoms with van der Waals surface area (Å²) >= 11 is 7.51. The maximum absolute atomic E-state index is 13.7. The van der Waals surface area contributed by atoms with E-state index in [0.29, 0.717) is 47.8 Å². The Bertz CT molecular complexity index is 1040. The first-order chi connectivity index (χ1) is 17.5. The van der Waals surface area contributed by atoms with E-state index < -0.39 is 5.25 Å². The van der Waals surface area contributed by atoms with Gasteiger partial charge in [-0.25, -0.2) is 4.99 Å². The third kappa shape index (κ3) is 4.48. The number of nitrogens with one attached hydrogen (secondary N) is 1. The molecule has 0 radical (unpaired) electrons. The first-order valence-electron chi connectivity index (χ1n) is 13.3. The van der Waals surface area contributed by atoms with Crippen LogP contribution in [-0.4, -0.2) is 59.5 Å². The molecule has 194 valence electrons. The van der Waals surface area contributed by atoms with Gasteiger partial charge in [0.2, 0.25) is 11.8 Å². The van der Waals surface area contributed by atoms with Crippen molar-refractivity contribution in [2.24, 2.45) is 39.8 Å². The number of nitrogens with two attached hydrogens (primary N) is 1. The normalized spacial score (nSPS) is 37.7. The molecule has 1 aromatic carbocycles. The molecule has 5 saturated carbocycles. The Morgan fingerprint density at radius 3 is 2.61 bits per heavy atom. The fourth-order valence-electron chi connectivity index (χ4n) is 8.22. The standard InChI is InChI=1S/C27H35ClN4O3S/c28-19-1-3-20(4-2-19)31-26-32(23(33)12-22(36-26)25(34)30-6-8-35-7-5-29)21-15-27-13-16-9-17(14-27)11-18(10-16)24(21)27/h1-4,16-18,21-22,24H,5-15,29H2,(H,30,34)/b31-26-. The van der Waals surface area contributed by atoms with E-state index >= 15 is 0 Å². The number of carbonyl (C=O) groups excluding carboxylic acids is 2. The average molecular weight is 531 g/mol. The molecule has 5 aliphatic carbocycles. The summed E-state index contributed by atoms with van der Waals surface area (Å²) in [5, 5.41) is 3.71. The van der Waals surface area contributed by atoms with Crippen molar-refractivity contribution < 1.29 is 14.3 Å². The third-order valence-corrected chi connectivity index (χ3v) is 10.6. The fourth-order valence-corrected chi connectivity index (χ4v) is 9.53. The van der Waals surface area contributed by atoms with Crippen LogP contribution in [0.5, 0.6) is 0 Å². The van der Waals surface area contributed by atoms with Gasteiger partial charge in [-0.1, -0.05) is 23.4 Å². The molecular weight excluding hydrogens is 496 g/mol. The van der Waals surface area contributed by atoms with Crippen molar-refractivity contribution in [2.45, 2.75) is 56.2 Å². The van der Waals surface area contributed by atoms with Crippen LogP contribution in [0.2, 0.25) is 5.02 Å². The van der Waals surface area contributed by atoms with Crippen LogP contribution in [0, 0.1) is 29.1 Å². The summed E-state index contributed by atoms with van der Waals surface area (Å²) in [4.78, 5) is 33.5. The van der Waals surface area contributed by atoms with E-state index in [1.54, 1.807) is 0 Å². The van der Waals surface area contributed by atoms with E-state index in [9.17, 15) is 9.59 Å². The zero-order chi connectivity index (χ0) is 24.9. The number of aliphatic imine (C=N–C) groups is 1. The lowest BCUT2D eigenvalue weighted by atomic mass is 9.36. The van der Waals surface area contributed by atoms with Crippen LogP contribution < -0.4 is 11.1 Å². The summed E-state index contributed by atoms with van der Waals surface area (Å²) in [6, 6.07) is 7.55. The highest BCUT2D eigenvalue weighted by Crippen LogP contribution is 2.71. The fraction of sp³-hybridized carbons (Fsp3) is 0.667. The number of ether oxygens (including phenoxy) is 1. The predicted molar refractivity (Wildman–Crippen MR) is 142 cm³/mol. The summed E-state index contributed by atoms with van der Waals surface area (Å²) in [5.41, 5.74) is 6.63. The number of nitrogens with zero attached hydrogens (tertiary/aromatic N) is 2. The molecule has 1 saturated heterocycles. The van der Waals surface area contributed by atoms with Gasteiger partial charge in [-0.05, 0) is 91.9 Å². The van der Waals surface area contributed by atoms with Crippen molar-refractivity contribution in [3.8, 4) is 0 Å². The molecule has 6 aliphatic rings. The lowest BCUT2D eigenvalue weighted by molar-refractivity contribution is -0.205. The average Bonchev–Trinajstić information content (AvgIpc) is 2.83. The first kappa shape index (κ1) is 24.7. The molecule has 9 heteroatoms. The second-order valence-corrected chi connectivity index (χ2v) is 13.0. The maximum atomic E-state index is 13.7. The van der Waals surface area contributed by atoms with E-state index in [1.165, 1.54) is 43.9 Å². The summed E-state index contributed by atoms with van der Waals surface area (Å²) in [6.07, 6.45) is 8.05. The molecule has 6 fully saturated rings.